The maximum Gasteiger partial charge on any atom is 0.267 e. The molecular formula is C17H17N5O4S. The first-order valence-electron chi connectivity index (χ1n) is 8.32. The van der Waals surface area contributed by atoms with Crippen LogP contribution in [0.1, 0.15) is 18.2 Å². The van der Waals surface area contributed by atoms with Crippen molar-refractivity contribution in [3.05, 3.63) is 48.7 Å². The van der Waals surface area contributed by atoms with E-state index >= 15 is 0 Å². The zero-order valence-electron chi connectivity index (χ0n) is 14.5. The van der Waals surface area contributed by atoms with Crippen LogP contribution in [0.5, 0.6) is 5.75 Å². The van der Waals surface area contributed by atoms with Gasteiger partial charge in [-0.05, 0) is 30.7 Å². The molecule has 0 aliphatic carbocycles. The zero-order chi connectivity index (χ0) is 18.9. The summed E-state index contributed by atoms with van der Waals surface area (Å²) in [6.45, 7) is 0.679. The van der Waals surface area contributed by atoms with Crippen molar-refractivity contribution < 1.29 is 17.6 Å². The number of sulfonamides is 1. The molecule has 0 spiro atoms. The largest absolute Gasteiger partial charge is 0.497 e. The Hall–Kier alpha value is -2.85. The average Bonchev–Trinajstić information content (AvgIpc) is 3.38. The molecule has 1 saturated heterocycles. The molecule has 0 radical (unpaired) electrons. The Bertz CT molecular complexity index is 1020. The number of rotatable bonds is 5. The molecule has 0 saturated carbocycles. The first-order valence-corrected chi connectivity index (χ1v) is 9.76. The van der Waals surface area contributed by atoms with E-state index < -0.39 is 10.0 Å². The van der Waals surface area contributed by atoms with E-state index in [1.165, 1.54) is 23.8 Å². The Morgan fingerprint density at radius 1 is 1.19 bits per heavy atom. The molecule has 1 atom stereocenters. The number of benzene rings is 1. The fourth-order valence-corrected chi connectivity index (χ4v) is 4.46. The van der Waals surface area contributed by atoms with Gasteiger partial charge in [0.15, 0.2) is 0 Å². The summed E-state index contributed by atoms with van der Waals surface area (Å²) in [6.07, 6.45) is 5.24. The quantitative estimate of drug-likeness (QED) is 0.650. The van der Waals surface area contributed by atoms with Gasteiger partial charge in [0.2, 0.25) is 15.9 Å². The Morgan fingerprint density at radius 2 is 2.00 bits per heavy atom. The third-order valence-electron chi connectivity index (χ3n) is 4.42. The van der Waals surface area contributed by atoms with Crippen molar-refractivity contribution in [3.8, 4) is 17.3 Å². The van der Waals surface area contributed by atoms with Crippen LogP contribution in [-0.2, 0) is 10.0 Å². The predicted molar refractivity (Wildman–Crippen MR) is 94.4 cm³/mol. The summed E-state index contributed by atoms with van der Waals surface area (Å²) < 4.78 is 37.9. The van der Waals surface area contributed by atoms with E-state index in [0.717, 1.165) is 0 Å². The van der Waals surface area contributed by atoms with Crippen molar-refractivity contribution in [1.82, 2.24) is 24.5 Å². The first-order chi connectivity index (χ1) is 13.1. The van der Waals surface area contributed by atoms with Gasteiger partial charge in [-0.25, -0.2) is 13.4 Å². The molecule has 27 heavy (non-hydrogen) atoms. The number of aromatic nitrogens is 4. The van der Waals surface area contributed by atoms with Crippen molar-refractivity contribution >= 4 is 10.0 Å². The highest BCUT2D eigenvalue weighted by molar-refractivity contribution is 7.89. The van der Waals surface area contributed by atoms with Crippen LogP contribution < -0.4 is 4.74 Å². The van der Waals surface area contributed by atoms with E-state index in [4.69, 9.17) is 9.15 Å². The second-order valence-corrected chi connectivity index (χ2v) is 8.00. The van der Waals surface area contributed by atoms with Crippen molar-refractivity contribution in [2.24, 2.45) is 0 Å². The summed E-state index contributed by atoms with van der Waals surface area (Å²) in [5.41, 5.74) is 0.483. The van der Waals surface area contributed by atoms with Crippen LogP contribution in [0.15, 0.2) is 52.2 Å². The van der Waals surface area contributed by atoms with E-state index in [0.29, 0.717) is 30.3 Å². The van der Waals surface area contributed by atoms with Crippen LogP contribution >= 0.6 is 0 Å². The second-order valence-electron chi connectivity index (χ2n) is 6.06. The van der Waals surface area contributed by atoms with E-state index in [2.05, 4.69) is 20.2 Å². The summed E-state index contributed by atoms with van der Waals surface area (Å²) in [5, 5.41) is 8.06. The Balaban J connectivity index is 1.50. The van der Waals surface area contributed by atoms with Gasteiger partial charge in [0.25, 0.3) is 5.89 Å². The van der Waals surface area contributed by atoms with Crippen LogP contribution in [0, 0.1) is 0 Å². The predicted octanol–water partition coefficient (Wildman–Crippen LogP) is 1.71. The molecule has 2 aromatic heterocycles. The molecule has 0 bridgehead atoms. The molecular weight excluding hydrogens is 370 g/mol. The number of hydrogen-bond acceptors (Lipinski definition) is 8. The van der Waals surface area contributed by atoms with Crippen molar-refractivity contribution in [1.29, 1.82) is 0 Å². The van der Waals surface area contributed by atoms with Gasteiger partial charge in [-0.15, -0.1) is 10.2 Å². The molecule has 140 valence electrons. The van der Waals surface area contributed by atoms with Crippen LogP contribution in [0.4, 0.5) is 0 Å². The average molecular weight is 387 g/mol. The normalized spacial score (nSPS) is 17.9. The monoisotopic (exact) mass is 387 g/mol. The van der Waals surface area contributed by atoms with Gasteiger partial charge >= 0.3 is 0 Å². The lowest BCUT2D eigenvalue weighted by molar-refractivity contribution is 0.414. The second kappa shape index (κ2) is 7.05. The highest BCUT2D eigenvalue weighted by Crippen LogP contribution is 2.31. The van der Waals surface area contributed by atoms with Crippen LogP contribution in [0.25, 0.3) is 11.6 Å². The van der Waals surface area contributed by atoms with Crippen molar-refractivity contribution in [2.45, 2.75) is 17.2 Å². The Labute approximate surface area is 156 Å². The smallest absolute Gasteiger partial charge is 0.267 e. The highest BCUT2D eigenvalue weighted by atomic mass is 32.2. The lowest BCUT2D eigenvalue weighted by Crippen LogP contribution is -2.28. The third kappa shape index (κ3) is 3.40. The van der Waals surface area contributed by atoms with E-state index in [1.54, 1.807) is 30.5 Å². The van der Waals surface area contributed by atoms with Crippen LogP contribution in [0.2, 0.25) is 0 Å². The fourth-order valence-electron chi connectivity index (χ4n) is 2.96. The number of ether oxygens (including phenoxy) is 1. The van der Waals surface area contributed by atoms with E-state index in [9.17, 15) is 8.42 Å². The minimum absolute atomic E-state index is 0.157. The number of hydrogen-bond donors (Lipinski definition) is 0. The maximum absolute atomic E-state index is 12.8. The highest BCUT2D eigenvalue weighted by Gasteiger charge is 2.35. The SMILES string of the molecule is COc1ccc(S(=O)(=O)N2CCC(c3nnc(-c4cnccn4)o3)C2)cc1. The molecule has 3 heterocycles. The maximum atomic E-state index is 12.8. The molecule has 1 fully saturated rings. The summed E-state index contributed by atoms with van der Waals surface area (Å²) in [4.78, 5) is 8.32. The summed E-state index contributed by atoms with van der Waals surface area (Å²) in [7, 11) is -2.05. The Morgan fingerprint density at radius 3 is 2.70 bits per heavy atom. The summed E-state index contributed by atoms with van der Waals surface area (Å²) in [6, 6.07) is 6.35. The fraction of sp³-hybridized carbons (Fsp3) is 0.294. The number of methoxy groups -OCH3 is 1. The Kier molecular flexibility index (Phi) is 4.58. The molecule has 0 N–H and O–H groups in total. The van der Waals surface area contributed by atoms with Gasteiger partial charge in [-0.2, -0.15) is 4.31 Å². The molecule has 4 rings (SSSR count). The van der Waals surface area contributed by atoms with Gasteiger partial charge in [-0.3, -0.25) is 4.98 Å². The zero-order valence-corrected chi connectivity index (χ0v) is 15.3. The molecule has 1 aliphatic rings. The van der Waals surface area contributed by atoms with Crippen LogP contribution in [-0.4, -0.2) is 53.1 Å². The molecule has 0 amide bonds. The number of nitrogens with zero attached hydrogens (tertiary/aromatic N) is 5. The lowest BCUT2D eigenvalue weighted by atomic mass is 10.1. The molecule has 1 aromatic carbocycles. The molecule has 10 heteroatoms. The first kappa shape index (κ1) is 17.6. The molecule has 3 aromatic rings. The summed E-state index contributed by atoms with van der Waals surface area (Å²) >= 11 is 0. The molecule has 1 aliphatic heterocycles. The molecule has 9 nitrogen and oxygen atoms in total. The molecule has 1 unspecified atom stereocenters. The van der Waals surface area contributed by atoms with E-state index in [-0.39, 0.29) is 23.2 Å². The topological polar surface area (TPSA) is 111 Å². The minimum Gasteiger partial charge on any atom is -0.497 e. The van der Waals surface area contributed by atoms with Gasteiger partial charge in [-0.1, -0.05) is 0 Å². The van der Waals surface area contributed by atoms with Gasteiger partial charge < -0.3 is 9.15 Å². The van der Waals surface area contributed by atoms with Crippen LogP contribution in [0.3, 0.4) is 0 Å². The van der Waals surface area contributed by atoms with Gasteiger partial charge in [0.05, 0.1) is 24.1 Å². The third-order valence-corrected chi connectivity index (χ3v) is 6.30. The standard InChI is InChI=1S/C17H17N5O4S/c1-25-13-2-4-14(5-3-13)27(23,24)22-9-6-12(11-22)16-20-21-17(26-16)15-10-18-7-8-19-15/h2-5,7-8,10,12H,6,9,11H2,1H3. The minimum atomic E-state index is -3.58. The summed E-state index contributed by atoms with van der Waals surface area (Å²) in [5.74, 6) is 1.13. The van der Waals surface area contributed by atoms with E-state index in [1.807, 2.05) is 0 Å². The lowest BCUT2D eigenvalue weighted by Gasteiger charge is -2.16. The van der Waals surface area contributed by atoms with Crippen molar-refractivity contribution in [3.63, 3.8) is 0 Å². The van der Waals surface area contributed by atoms with Crippen molar-refractivity contribution in [2.75, 3.05) is 20.2 Å². The van der Waals surface area contributed by atoms with Gasteiger partial charge in [0.1, 0.15) is 11.4 Å². The van der Waals surface area contributed by atoms with Gasteiger partial charge in [0, 0.05) is 25.5 Å².